The topological polar surface area (TPSA) is 100 Å². The molecule has 3 fully saturated rings. The smallest absolute Gasteiger partial charge is 0.112 e. The van der Waals surface area contributed by atoms with Crippen LogP contribution in [-0.4, -0.2) is 41.3 Å². The number of hydrazine groups is 1. The third-order valence-electron chi connectivity index (χ3n) is 6.45. The fourth-order valence-corrected chi connectivity index (χ4v) is 5.04. The quantitative estimate of drug-likeness (QED) is 0.565. The molecule has 0 radical (unpaired) electrons. The Morgan fingerprint density at radius 2 is 1.36 bits per heavy atom. The van der Waals surface area contributed by atoms with Crippen molar-refractivity contribution in [2.45, 2.75) is 113 Å². The molecular formula is C18H33N5O2. The third-order valence-corrected chi connectivity index (χ3v) is 6.45. The van der Waals surface area contributed by atoms with Crippen LogP contribution in [0.1, 0.15) is 77.0 Å². The molecule has 0 spiro atoms. The van der Waals surface area contributed by atoms with Gasteiger partial charge >= 0.3 is 0 Å². The lowest BCUT2D eigenvalue weighted by Crippen LogP contribution is -2.65. The zero-order chi connectivity index (χ0) is 17.6. The van der Waals surface area contributed by atoms with Crippen molar-refractivity contribution < 1.29 is 0 Å². The summed E-state index contributed by atoms with van der Waals surface area (Å²) in [6.45, 7) is 0. The fourth-order valence-electron chi connectivity index (χ4n) is 5.04. The molecule has 0 aromatic carbocycles. The van der Waals surface area contributed by atoms with E-state index in [2.05, 4.69) is 20.8 Å². The molecule has 3 saturated carbocycles. The largest absolute Gasteiger partial charge is 0.326 e. The standard InChI is InChI=1S/C18H33N5O2/c19-16-11-13(21-24)12-17(22-25)18(16)20-23(14-7-3-1-4-8-14)15-9-5-2-6-10-15/h13-18,20H,1-12,19H2. The first-order valence-electron chi connectivity index (χ1n) is 10.2. The third kappa shape index (κ3) is 4.63. The van der Waals surface area contributed by atoms with Crippen LogP contribution in [0.25, 0.3) is 0 Å². The highest BCUT2D eigenvalue weighted by atomic mass is 16.3. The molecule has 142 valence electrons. The summed E-state index contributed by atoms with van der Waals surface area (Å²) in [6, 6.07) is -0.237. The molecule has 0 amide bonds. The number of nitrogens with zero attached hydrogens (tertiary/aromatic N) is 3. The van der Waals surface area contributed by atoms with E-state index < -0.39 is 6.04 Å². The van der Waals surface area contributed by atoms with Crippen molar-refractivity contribution in [2.24, 2.45) is 16.1 Å². The number of nitroso groups, excluding NO2 is 2. The molecule has 3 aliphatic carbocycles. The van der Waals surface area contributed by atoms with E-state index in [0.717, 1.165) is 0 Å². The van der Waals surface area contributed by atoms with Gasteiger partial charge < -0.3 is 5.73 Å². The average molecular weight is 351 g/mol. The molecule has 0 heterocycles. The Bertz CT molecular complexity index is 419. The van der Waals surface area contributed by atoms with Crippen LogP contribution in [-0.2, 0) is 0 Å². The molecule has 25 heavy (non-hydrogen) atoms. The summed E-state index contributed by atoms with van der Waals surface area (Å²) in [5.74, 6) is 0. The van der Waals surface area contributed by atoms with E-state index in [9.17, 15) is 9.81 Å². The van der Waals surface area contributed by atoms with Gasteiger partial charge in [-0.25, -0.2) is 10.4 Å². The molecule has 0 aromatic heterocycles. The van der Waals surface area contributed by atoms with Crippen molar-refractivity contribution >= 4 is 0 Å². The van der Waals surface area contributed by atoms with E-state index in [1.807, 2.05) is 0 Å². The molecular weight excluding hydrogens is 318 g/mol. The van der Waals surface area contributed by atoms with Crippen LogP contribution in [0, 0.1) is 9.81 Å². The predicted octanol–water partition coefficient (Wildman–Crippen LogP) is 3.22. The summed E-state index contributed by atoms with van der Waals surface area (Å²) in [5.41, 5.74) is 9.99. The Balaban J connectivity index is 1.73. The van der Waals surface area contributed by atoms with Gasteiger partial charge in [-0.1, -0.05) is 48.9 Å². The van der Waals surface area contributed by atoms with Gasteiger partial charge in [0.05, 0.1) is 12.1 Å². The minimum absolute atomic E-state index is 0.181. The van der Waals surface area contributed by atoms with Gasteiger partial charge in [-0.2, -0.15) is 9.81 Å². The summed E-state index contributed by atoms with van der Waals surface area (Å²) in [5, 5.41) is 8.88. The molecule has 0 bridgehead atoms. The first-order valence-corrected chi connectivity index (χ1v) is 10.2. The molecule has 0 aromatic rings. The van der Waals surface area contributed by atoms with Gasteiger partial charge in [-0.3, -0.25) is 0 Å². The van der Waals surface area contributed by atoms with Gasteiger partial charge in [-0.15, -0.1) is 0 Å². The van der Waals surface area contributed by atoms with Gasteiger partial charge in [0.1, 0.15) is 6.04 Å². The van der Waals surface area contributed by atoms with Crippen molar-refractivity contribution in [2.75, 3.05) is 0 Å². The normalized spacial score (nSPS) is 35.6. The molecule has 0 aliphatic heterocycles. The lowest BCUT2D eigenvalue weighted by atomic mass is 9.84. The molecule has 4 unspecified atom stereocenters. The van der Waals surface area contributed by atoms with Crippen LogP contribution < -0.4 is 11.2 Å². The Hall–Kier alpha value is -0.920. The maximum absolute atomic E-state index is 11.4. The Kier molecular flexibility index (Phi) is 6.90. The van der Waals surface area contributed by atoms with E-state index in [0.29, 0.717) is 24.9 Å². The van der Waals surface area contributed by atoms with Crippen molar-refractivity contribution in [3.8, 4) is 0 Å². The maximum atomic E-state index is 11.4. The van der Waals surface area contributed by atoms with E-state index in [1.165, 1.54) is 64.2 Å². The zero-order valence-electron chi connectivity index (χ0n) is 15.2. The average Bonchev–Trinajstić information content (AvgIpc) is 2.67. The summed E-state index contributed by atoms with van der Waals surface area (Å²) in [6.07, 6.45) is 13.6. The van der Waals surface area contributed by atoms with Gasteiger partial charge in [0.2, 0.25) is 0 Å². The SMILES string of the molecule is NC1CC(N=O)CC(N=O)C1NN(C1CCCCC1)C1CCCCC1. The van der Waals surface area contributed by atoms with Crippen LogP contribution in [0.5, 0.6) is 0 Å². The Morgan fingerprint density at radius 3 is 1.84 bits per heavy atom. The number of hydrogen-bond donors (Lipinski definition) is 2. The highest BCUT2D eigenvalue weighted by Crippen LogP contribution is 2.31. The Labute approximate surface area is 150 Å². The maximum Gasteiger partial charge on any atom is 0.112 e. The lowest BCUT2D eigenvalue weighted by molar-refractivity contribution is 0.000396. The predicted molar refractivity (Wildman–Crippen MR) is 98.9 cm³/mol. The van der Waals surface area contributed by atoms with Crippen LogP contribution >= 0.6 is 0 Å². The van der Waals surface area contributed by atoms with Crippen molar-refractivity contribution in [3.63, 3.8) is 0 Å². The van der Waals surface area contributed by atoms with Crippen LogP contribution in [0.4, 0.5) is 0 Å². The lowest BCUT2D eigenvalue weighted by Gasteiger charge is -2.46. The molecule has 0 saturated heterocycles. The van der Waals surface area contributed by atoms with Crippen molar-refractivity contribution in [3.05, 3.63) is 9.81 Å². The van der Waals surface area contributed by atoms with Gasteiger partial charge in [0.25, 0.3) is 0 Å². The number of rotatable bonds is 6. The van der Waals surface area contributed by atoms with E-state index in [-0.39, 0.29) is 18.1 Å². The van der Waals surface area contributed by atoms with Crippen LogP contribution in [0.3, 0.4) is 0 Å². The molecule has 7 nitrogen and oxygen atoms in total. The fraction of sp³-hybridized carbons (Fsp3) is 1.00. The van der Waals surface area contributed by atoms with Crippen molar-refractivity contribution in [1.29, 1.82) is 0 Å². The summed E-state index contributed by atoms with van der Waals surface area (Å²) >= 11 is 0. The minimum atomic E-state index is -0.471. The number of nitrogens with two attached hydrogens (primary N) is 1. The second kappa shape index (κ2) is 9.14. The highest BCUT2D eigenvalue weighted by molar-refractivity contribution is 5.00. The van der Waals surface area contributed by atoms with Crippen LogP contribution in [0.15, 0.2) is 10.4 Å². The monoisotopic (exact) mass is 351 g/mol. The number of hydrogen-bond acceptors (Lipinski definition) is 7. The molecule has 4 atom stereocenters. The first-order chi connectivity index (χ1) is 12.2. The van der Waals surface area contributed by atoms with Gasteiger partial charge in [0, 0.05) is 24.5 Å². The van der Waals surface area contributed by atoms with Gasteiger partial charge in [-0.05, 0) is 32.1 Å². The zero-order valence-corrected chi connectivity index (χ0v) is 15.2. The number of nitrogens with one attached hydrogen (secondary N) is 1. The molecule has 3 aliphatic rings. The highest BCUT2D eigenvalue weighted by Gasteiger charge is 2.41. The summed E-state index contributed by atoms with van der Waals surface area (Å²) in [4.78, 5) is 22.3. The second-order valence-corrected chi connectivity index (χ2v) is 8.21. The summed E-state index contributed by atoms with van der Waals surface area (Å²) < 4.78 is 0. The Morgan fingerprint density at radius 1 is 0.800 bits per heavy atom. The van der Waals surface area contributed by atoms with E-state index >= 15 is 0 Å². The van der Waals surface area contributed by atoms with Crippen LogP contribution in [0.2, 0.25) is 0 Å². The second-order valence-electron chi connectivity index (χ2n) is 8.21. The van der Waals surface area contributed by atoms with Crippen molar-refractivity contribution in [1.82, 2.24) is 10.4 Å². The van der Waals surface area contributed by atoms with E-state index in [4.69, 9.17) is 5.73 Å². The summed E-state index contributed by atoms with van der Waals surface area (Å²) in [7, 11) is 0. The van der Waals surface area contributed by atoms with E-state index in [1.54, 1.807) is 0 Å². The molecule has 3 rings (SSSR count). The minimum Gasteiger partial charge on any atom is -0.326 e. The molecule has 3 N–H and O–H groups in total. The van der Waals surface area contributed by atoms with Gasteiger partial charge in [0.15, 0.2) is 0 Å². The first kappa shape index (κ1) is 18.9. The molecule has 7 heteroatoms.